The second-order valence-electron chi connectivity index (χ2n) is 7.92. The fourth-order valence-corrected chi connectivity index (χ4v) is 3.78. The van der Waals surface area contributed by atoms with Crippen LogP contribution in [0.5, 0.6) is 5.75 Å². The number of aliphatic hydroxyl groups excluding tert-OH is 2. The van der Waals surface area contributed by atoms with E-state index >= 15 is 0 Å². The fourth-order valence-electron chi connectivity index (χ4n) is 3.60. The van der Waals surface area contributed by atoms with Crippen LogP contribution in [0.1, 0.15) is 39.0 Å². The maximum Gasteiger partial charge on any atom is 0.303 e. The van der Waals surface area contributed by atoms with Crippen molar-refractivity contribution in [1.29, 1.82) is 0 Å². The van der Waals surface area contributed by atoms with Gasteiger partial charge in [-0.05, 0) is 55.5 Å². The number of halogens is 1. The van der Waals surface area contributed by atoms with E-state index in [0.717, 1.165) is 0 Å². The molecule has 5 atom stereocenters. The number of carbonyl (C=O) groups is 1. The van der Waals surface area contributed by atoms with Crippen LogP contribution in [0.3, 0.4) is 0 Å². The molecule has 0 saturated heterocycles. The molecule has 1 aliphatic carbocycles. The summed E-state index contributed by atoms with van der Waals surface area (Å²) in [4.78, 5) is 10.5. The Balaban J connectivity index is 2.01. The lowest BCUT2D eigenvalue weighted by Crippen LogP contribution is -2.33. The van der Waals surface area contributed by atoms with Crippen LogP contribution in [0.25, 0.3) is 0 Å². The molecule has 0 bridgehead atoms. The van der Waals surface area contributed by atoms with Crippen LogP contribution in [0.4, 0.5) is 0 Å². The van der Waals surface area contributed by atoms with Gasteiger partial charge in [-0.1, -0.05) is 36.7 Å². The van der Waals surface area contributed by atoms with Crippen LogP contribution >= 0.6 is 11.6 Å². The number of aliphatic carboxylic acids is 1. The first kappa shape index (κ1) is 25.2. The predicted molar refractivity (Wildman–Crippen MR) is 119 cm³/mol. The average Bonchev–Trinajstić information content (AvgIpc) is 2.99. The van der Waals surface area contributed by atoms with Crippen molar-refractivity contribution in [2.45, 2.75) is 56.8 Å². The standard InChI is InChI=1S/C24H31ClO6/c1-2-24(30,16-31-18-9-7-8-17(25)14-18)13-12-20-19(21(26)15-22(20)27)10-5-3-4-6-11-23(28)29/h4-5,7-9,12-14,19-22,26-27,30H,2,6,10-11,15-16H2,1H3,(H,28,29)/t3?,19-,20-,21+,22-,24?/m1/s1. The summed E-state index contributed by atoms with van der Waals surface area (Å²) in [6.07, 6.45) is 7.02. The highest BCUT2D eigenvalue weighted by molar-refractivity contribution is 6.30. The maximum absolute atomic E-state index is 10.9. The van der Waals surface area contributed by atoms with Crippen LogP contribution in [-0.2, 0) is 4.79 Å². The minimum absolute atomic E-state index is 0.0304. The molecule has 1 aliphatic rings. The molecule has 4 N–H and O–H groups in total. The Hall–Kier alpha value is -2.08. The van der Waals surface area contributed by atoms with Crippen LogP contribution in [0.2, 0.25) is 5.02 Å². The minimum Gasteiger partial charge on any atom is -0.490 e. The lowest BCUT2D eigenvalue weighted by molar-refractivity contribution is -0.136. The zero-order chi connectivity index (χ0) is 22.9. The number of carboxylic acids is 1. The van der Waals surface area contributed by atoms with Crippen molar-refractivity contribution in [3.05, 3.63) is 59.3 Å². The number of hydrogen-bond donors (Lipinski definition) is 4. The van der Waals surface area contributed by atoms with Crippen molar-refractivity contribution in [2.24, 2.45) is 11.8 Å². The zero-order valence-electron chi connectivity index (χ0n) is 17.7. The Morgan fingerprint density at radius 2 is 2.10 bits per heavy atom. The van der Waals surface area contributed by atoms with Gasteiger partial charge < -0.3 is 25.2 Å². The van der Waals surface area contributed by atoms with Crippen molar-refractivity contribution in [1.82, 2.24) is 0 Å². The van der Waals surface area contributed by atoms with E-state index in [9.17, 15) is 20.1 Å². The number of benzene rings is 1. The summed E-state index contributed by atoms with van der Waals surface area (Å²) in [5.41, 5.74) is 1.71. The minimum atomic E-state index is -1.23. The second-order valence-corrected chi connectivity index (χ2v) is 8.35. The van der Waals surface area contributed by atoms with Gasteiger partial charge in [0.2, 0.25) is 0 Å². The van der Waals surface area contributed by atoms with Crippen LogP contribution in [0, 0.1) is 11.8 Å². The highest BCUT2D eigenvalue weighted by Crippen LogP contribution is 2.36. The number of carboxylic acid groups (broad SMARTS) is 1. The van der Waals surface area contributed by atoms with Gasteiger partial charge in [-0.25, -0.2) is 0 Å². The molecule has 1 aromatic rings. The zero-order valence-corrected chi connectivity index (χ0v) is 18.4. The first-order chi connectivity index (χ1) is 14.7. The Kier molecular flexibility index (Phi) is 9.82. The summed E-state index contributed by atoms with van der Waals surface area (Å²) < 4.78 is 5.69. The third kappa shape index (κ3) is 8.17. The van der Waals surface area contributed by atoms with Gasteiger partial charge in [-0.2, -0.15) is 0 Å². The van der Waals surface area contributed by atoms with Crippen LogP contribution in [0.15, 0.2) is 54.3 Å². The van der Waals surface area contributed by atoms with Crippen LogP contribution in [-0.4, -0.2) is 50.8 Å². The molecule has 0 spiro atoms. The normalized spacial score (nSPS) is 25.1. The number of allylic oxidation sites excluding steroid dienone is 1. The van der Waals surface area contributed by atoms with Crippen molar-refractivity contribution >= 4 is 17.6 Å². The average molecular weight is 451 g/mol. The Labute approximate surface area is 188 Å². The molecular formula is C24H31ClO6. The number of ether oxygens (including phenoxy) is 1. The molecule has 0 aromatic heterocycles. The third-order valence-electron chi connectivity index (χ3n) is 5.57. The molecular weight excluding hydrogens is 420 g/mol. The van der Waals surface area contributed by atoms with E-state index in [4.69, 9.17) is 21.4 Å². The molecule has 0 aliphatic heterocycles. The van der Waals surface area contributed by atoms with E-state index in [-0.39, 0.29) is 31.3 Å². The monoisotopic (exact) mass is 450 g/mol. The molecule has 1 saturated carbocycles. The van der Waals surface area contributed by atoms with Gasteiger partial charge in [0, 0.05) is 23.8 Å². The third-order valence-corrected chi connectivity index (χ3v) is 5.81. The molecule has 170 valence electrons. The van der Waals surface area contributed by atoms with E-state index in [1.807, 2.05) is 6.92 Å². The van der Waals surface area contributed by atoms with Gasteiger partial charge in [-0.15, -0.1) is 5.73 Å². The Morgan fingerprint density at radius 3 is 2.77 bits per heavy atom. The van der Waals surface area contributed by atoms with Crippen molar-refractivity contribution in [3.63, 3.8) is 0 Å². The van der Waals surface area contributed by atoms with E-state index in [2.05, 4.69) is 5.73 Å². The van der Waals surface area contributed by atoms with Gasteiger partial charge in [0.25, 0.3) is 0 Å². The van der Waals surface area contributed by atoms with Gasteiger partial charge >= 0.3 is 5.97 Å². The molecule has 0 radical (unpaired) electrons. The summed E-state index contributed by atoms with van der Waals surface area (Å²) in [7, 11) is 0. The van der Waals surface area contributed by atoms with Crippen molar-refractivity contribution < 1.29 is 30.0 Å². The lowest BCUT2D eigenvalue weighted by Gasteiger charge is -2.25. The Bertz CT molecular complexity index is 816. The molecule has 1 aromatic carbocycles. The first-order valence-corrected chi connectivity index (χ1v) is 10.9. The molecule has 1 fully saturated rings. The van der Waals surface area contributed by atoms with E-state index in [0.29, 0.717) is 30.0 Å². The quantitative estimate of drug-likeness (QED) is 0.302. The summed E-state index contributed by atoms with van der Waals surface area (Å²) in [5, 5.41) is 40.8. The summed E-state index contributed by atoms with van der Waals surface area (Å²) >= 11 is 5.96. The van der Waals surface area contributed by atoms with Gasteiger partial charge in [-0.3, -0.25) is 4.79 Å². The molecule has 31 heavy (non-hydrogen) atoms. The lowest BCUT2D eigenvalue weighted by atomic mass is 9.88. The SMILES string of the molecule is CCC(O)(C=C[C@@H]1[C@@H](CC=C=CCCC(=O)O)[C@@H](O)C[C@H]1O)COc1cccc(Cl)c1. The van der Waals surface area contributed by atoms with Gasteiger partial charge in [0.05, 0.1) is 12.2 Å². The topological polar surface area (TPSA) is 107 Å². The molecule has 2 rings (SSSR count). The molecule has 1 unspecified atom stereocenters. The largest absolute Gasteiger partial charge is 0.490 e. The molecule has 0 amide bonds. The van der Waals surface area contributed by atoms with Crippen molar-refractivity contribution in [3.8, 4) is 5.75 Å². The van der Waals surface area contributed by atoms with Gasteiger partial charge in [0.15, 0.2) is 0 Å². The van der Waals surface area contributed by atoms with E-state index < -0.39 is 23.8 Å². The first-order valence-electron chi connectivity index (χ1n) is 10.5. The van der Waals surface area contributed by atoms with E-state index in [1.54, 1.807) is 48.6 Å². The molecule has 0 heterocycles. The molecule has 7 heteroatoms. The van der Waals surface area contributed by atoms with Crippen molar-refractivity contribution in [2.75, 3.05) is 6.61 Å². The molecule has 6 nitrogen and oxygen atoms in total. The predicted octanol–water partition coefficient (Wildman–Crippen LogP) is 3.74. The van der Waals surface area contributed by atoms with Crippen LogP contribution < -0.4 is 4.74 Å². The summed E-state index contributed by atoms with van der Waals surface area (Å²) in [6, 6.07) is 6.94. The number of rotatable bonds is 11. The number of aliphatic hydroxyl groups is 3. The highest BCUT2D eigenvalue weighted by Gasteiger charge is 2.40. The second kappa shape index (κ2) is 12.1. The number of hydrogen-bond acceptors (Lipinski definition) is 5. The van der Waals surface area contributed by atoms with Gasteiger partial charge in [0.1, 0.15) is 18.0 Å². The smallest absolute Gasteiger partial charge is 0.303 e. The Morgan fingerprint density at radius 1 is 1.32 bits per heavy atom. The summed E-state index contributed by atoms with van der Waals surface area (Å²) in [5.74, 6) is -0.847. The fraction of sp³-hybridized carbons (Fsp3) is 0.500. The maximum atomic E-state index is 10.9. The highest BCUT2D eigenvalue weighted by atomic mass is 35.5. The van der Waals surface area contributed by atoms with E-state index in [1.165, 1.54) is 0 Å². The summed E-state index contributed by atoms with van der Waals surface area (Å²) in [6.45, 7) is 1.87.